The molecule has 3 nitrogen and oxygen atoms in total. The molecule has 0 aromatic heterocycles. The monoisotopic (exact) mass is 255 g/mol. The molecular formula is C10H10BrNO2. The first-order valence-corrected chi connectivity index (χ1v) is 5.86. The van der Waals surface area contributed by atoms with Gasteiger partial charge in [-0.05, 0) is 19.3 Å². The van der Waals surface area contributed by atoms with Gasteiger partial charge in [0.25, 0.3) is 0 Å². The van der Waals surface area contributed by atoms with E-state index in [1.165, 1.54) is 0 Å². The molecule has 3 fully saturated rings. The molecule has 5 atom stereocenters. The highest BCUT2D eigenvalue weighted by molar-refractivity contribution is 9.09. The Morgan fingerprint density at radius 3 is 3.00 bits per heavy atom. The molecule has 0 amide bonds. The lowest BCUT2D eigenvalue weighted by molar-refractivity contribution is -0.132. The molecule has 1 aliphatic heterocycles. The molecule has 3 bridgehead atoms. The zero-order chi connectivity index (χ0) is 9.92. The normalized spacial score (nSPS) is 54.7. The standard InChI is InChI=1S/C10H10BrNO2/c11-8-2-5-1-6-3-7(9(5)13)14-10(6,8)4-12/h5-8H,1-3H2. The Hall–Kier alpha value is -0.400. The van der Waals surface area contributed by atoms with E-state index in [0.717, 1.165) is 19.3 Å². The van der Waals surface area contributed by atoms with Crippen molar-refractivity contribution >= 4 is 21.7 Å². The Bertz CT molecular complexity index is 349. The molecule has 3 rings (SSSR count). The summed E-state index contributed by atoms with van der Waals surface area (Å²) in [5.74, 6) is 0.616. The van der Waals surface area contributed by atoms with Crippen LogP contribution in [0.25, 0.3) is 0 Å². The van der Waals surface area contributed by atoms with Crippen molar-refractivity contribution < 1.29 is 9.53 Å². The van der Waals surface area contributed by atoms with Gasteiger partial charge in [-0.25, -0.2) is 0 Å². The second-order valence-electron chi connectivity index (χ2n) is 4.48. The van der Waals surface area contributed by atoms with Gasteiger partial charge in [-0.3, -0.25) is 4.79 Å². The number of nitrogens with zero attached hydrogens (tertiary/aromatic N) is 1. The first-order chi connectivity index (χ1) is 6.67. The van der Waals surface area contributed by atoms with Gasteiger partial charge in [0.2, 0.25) is 0 Å². The lowest BCUT2D eigenvalue weighted by Crippen LogP contribution is -2.48. The fraction of sp³-hybridized carbons (Fsp3) is 0.800. The van der Waals surface area contributed by atoms with E-state index in [0.29, 0.717) is 0 Å². The summed E-state index contributed by atoms with van der Waals surface area (Å²) >= 11 is 3.51. The van der Waals surface area contributed by atoms with E-state index in [4.69, 9.17) is 4.74 Å². The molecule has 0 aromatic carbocycles. The van der Waals surface area contributed by atoms with E-state index in [9.17, 15) is 10.1 Å². The van der Waals surface area contributed by atoms with Crippen molar-refractivity contribution in [2.75, 3.05) is 0 Å². The third kappa shape index (κ3) is 0.831. The molecule has 3 aliphatic rings. The van der Waals surface area contributed by atoms with Gasteiger partial charge in [0.05, 0.1) is 10.9 Å². The third-order valence-corrected chi connectivity index (χ3v) is 4.92. The van der Waals surface area contributed by atoms with Crippen LogP contribution in [-0.2, 0) is 9.53 Å². The quantitative estimate of drug-likeness (QED) is 0.616. The summed E-state index contributed by atoms with van der Waals surface area (Å²) in [5, 5.41) is 9.23. The van der Waals surface area contributed by atoms with Crippen molar-refractivity contribution in [2.24, 2.45) is 11.8 Å². The average molecular weight is 256 g/mol. The van der Waals surface area contributed by atoms with Crippen LogP contribution < -0.4 is 0 Å². The number of halogens is 1. The Morgan fingerprint density at radius 2 is 2.29 bits per heavy atom. The number of Topliss-reactive ketones (excluding diaryl/α,β-unsaturated/α-hetero) is 1. The predicted molar refractivity (Wildman–Crippen MR) is 51.8 cm³/mol. The van der Waals surface area contributed by atoms with Crippen LogP contribution in [0.2, 0.25) is 0 Å². The van der Waals surface area contributed by atoms with Gasteiger partial charge >= 0.3 is 0 Å². The van der Waals surface area contributed by atoms with Crippen molar-refractivity contribution in [3.8, 4) is 6.07 Å². The minimum atomic E-state index is -0.715. The molecule has 1 saturated heterocycles. The number of ether oxygens (including phenoxy) is 1. The maximum atomic E-state index is 11.8. The van der Waals surface area contributed by atoms with E-state index >= 15 is 0 Å². The van der Waals surface area contributed by atoms with Crippen molar-refractivity contribution in [1.29, 1.82) is 5.26 Å². The third-order valence-electron chi connectivity index (χ3n) is 3.86. The van der Waals surface area contributed by atoms with Gasteiger partial charge in [0.1, 0.15) is 6.10 Å². The molecular weight excluding hydrogens is 246 g/mol. The fourth-order valence-corrected chi connectivity index (χ4v) is 4.17. The van der Waals surface area contributed by atoms with E-state index in [2.05, 4.69) is 22.0 Å². The second-order valence-corrected chi connectivity index (χ2v) is 5.59. The number of nitriles is 1. The molecule has 1 heterocycles. The van der Waals surface area contributed by atoms with Gasteiger partial charge in [-0.2, -0.15) is 5.26 Å². The van der Waals surface area contributed by atoms with Gasteiger partial charge < -0.3 is 4.74 Å². The van der Waals surface area contributed by atoms with E-state index in [-0.39, 0.29) is 28.6 Å². The van der Waals surface area contributed by atoms with Gasteiger partial charge in [0, 0.05) is 11.8 Å². The predicted octanol–water partition coefficient (Wildman–Crippen LogP) is 1.41. The van der Waals surface area contributed by atoms with Crippen LogP contribution in [0, 0.1) is 23.2 Å². The lowest BCUT2D eigenvalue weighted by Gasteiger charge is -2.38. The van der Waals surface area contributed by atoms with Crippen LogP contribution in [0.1, 0.15) is 19.3 Å². The molecule has 2 saturated carbocycles. The number of hydrogen-bond acceptors (Lipinski definition) is 3. The van der Waals surface area contributed by atoms with E-state index in [1.54, 1.807) is 0 Å². The van der Waals surface area contributed by atoms with Crippen molar-refractivity contribution in [1.82, 2.24) is 0 Å². The molecule has 14 heavy (non-hydrogen) atoms. The molecule has 5 unspecified atom stereocenters. The molecule has 0 radical (unpaired) electrons. The van der Waals surface area contributed by atoms with Crippen molar-refractivity contribution in [3.05, 3.63) is 0 Å². The number of ketones is 1. The summed E-state index contributed by atoms with van der Waals surface area (Å²) in [6, 6.07) is 2.29. The Labute approximate surface area is 90.5 Å². The number of fused-ring (bicyclic) bond motifs is 2. The minimum Gasteiger partial charge on any atom is -0.348 e. The minimum absolute atomic E-state index is 0.0280. The zero-order valence-electron chi connectivity index (χ0n) is 7.57. The highest BCUT2D eigenvalue weighted by Crippen LogP contribution is 2.55. The molecule has 74 valence electrons. The summed E-state index contributed by atoms with van der Waals surface area (Å²) in [7, 11) is 0. The molecule has 4 heteroatoms. The largest absolute Gasteiger partial charge is 0.348 e. The highest BCUT2D eigenvalue weighted by atomic mass is 79.9. The van der Waals surface area contributed by atoms with Gasteiger partial charge in [0.15, 0.2) is 11.4 Å². The smallest absolute Gasteiger partial charge is 0.170 e. The number of rotatable bonds is 0. The van der Waals surface area contributed by atoms with Gasteiger partial charge in [-0.1, -0.05) is 15.9 Å². The summed E-state index contributed by atoms with van der Waals surface area (Å²) in [4.78, 5) is 11.8. The summed E-state index contributed by atoms with van der Waals surface area (Å²) in [6.07, 6.45) is 2.08. The van der Waals surface area contributed by atoms with E-state index < -0.39 is 5.60 Å². The maximum Gasteiger partial charge on any atom is 0.170 e. The highest BCUT2D eigenvalue weighted by Gasteiger charge is 2.63. The molecule has 2 aliphatic carbocycles. The molecule has 0 N–H and O–H groups in total. The van der Waals surface area contributed by atoms with Crippen LogP contribution in [0.5, 0.6) is 0 Å². The Morgan fingerprint density at radius 1 is 1.50 bits per heavy atom. The van der Waals surface area contributed by atoms with Crippen LogP contribution in [0.3, 0.4) is 0 Å². The lowest BCUT2D eigenvalue weighted by atomic mass is 9.66. The topological polar surface area (TPSA) is 50.1 Å². The fourth-order valence-electron chi connectivity index (χ4n) is 3.14. The van der Waals surface area contributed by atoms with Crippen LogP contribution in [0.4, 0.5) is 0 Å². The summed E-state index contributed by atoms with van der Waals surface area (Å²) in [5.41, 5.74) is -0.715. The Kier molecular flexibility index (Phi) is 1.64. The Balaban J connectivity index is 2.10. The zero-order valence-corrected chi connectivity index (χ0v) is 9.16. The number of carbonyl (C=O) groups excluding carboxylic acids is 1. The first-order valence-electron chi connectivity index (χ1n) is 4.94. The van der Waals surface area contributed by atoms with Crippen LogP contribution in [0.15, 0.2) is 0 Å². The second kappa shape index (κ2) is 2.59. The number of hydrogen-bond donors (Lipinski definition) is 0. The van der Waals surface area contributed by atoms with Crippen LogP contribution in [-0.4, -0.2) is 22.3 Å². The number of alkyl halides is 1. The average Bonchev–Trinajstić information content (AvgIpc) is 2.48. The SMILES string of the molecule is N#CC12OC3CC1CC(CC2Br)C3=O. The van der Waals surface area contributed by atoms with Crippen molar-refractivity contribution in [2.45, 2.75) is 35.8 Å². The first kappa shape index (κ1) is 8.87. The maximum absolute atomic E-state index is 11.8. The molecule has 0 spiro atoms. The van der Waals surface area contributed by atoms with Crippen molar-refractivity contribution in [3.63, 3.8) is 0 Å². The van der Waals surface area contributed by atoms with Gasteiger partial charge in [-0.15, -0.1) is 0 Å². The summed E-state index contributed by atoms with van der Waals surface area (Å²) < 4.78 is 5.68. The number of carbonyl (C=O) groups is 1. The van der Waals surface area contributed by atoms with Crippen LogP contribution >= 0.6 is 15.9 Å². The molecule has 0 aromatic rings. The summed E-state index contributed by atoms with van der Waals surface area (Å²) in [6.45, 7) is 0. The van der Waals surface area contributed by atoms with E-state index in [1.807, 2.05) is 0 Å².